The normalized spacial score (nSPS) is 16.4. The number of anilines is 3. The standard InChI is InChI=1S/C31H27NO/c1-30(2)24-13-9-8-12-22(24)23-17-27-29(18-25(23)30)32(21-10-6-5-7-11-21)28-15-14-20(19-33)16-26(28)31(27,3)4/h5-19H,1-4H3. The van der Waals surface area contributed by atoms with Gasteiger partial charge in [-0.3, -0.25) is 4.79 Å². The molecule has 6 rings (SSSR count). The number of hydrogen-bond acceptors (Lipinski definition) is 2. The molecule has 0 N–H and O–H groups in total. The molecule has 0 unspecified atom stereocenters. The summed E-state index contributed by atoms with van der Waals surface area (Å²) in [5, 5.41) is 0. The van der Waals surface area contributed by atoms with Gasteiger partial charge < -0.3 is 4.90 Å². The van der Waals surface area contributed by atoms with Crippen molar-refractivity contribution in [2.45, 2.75) is 38.5 Å². The van der Waals surface area contributed by atoms with Crippen molar-refractivity contribution in [3.8, 4) is 11.1 Å². The maximum absolute atomic E-state index is 11.6. The van der Waals surface area contributed by atoms with Crippen LogP contribution in [0.25, 0.3) is 11.1 Å². The summed E-state index contributed by atoms with van der Waals surface area (Å²) >= 11 is 0. The van der Waals surface area contributed by atoms with Crippen LogP contribution in [0.3, 0.4) is 0 Å². The van der Waals surface area contributed by atoms with Crippen molar-refractivity contribution in [2.24, 2.45) is 0 Å². The highest BCUT2D eigenvalue weighted by molar-refractivity contribution is 5.92. The number of hydrogen-bond donors (Lipinski definition) is 0. The quantitative estimate of drug-likeness (QED) is 0.302. The average molecular weight is 430 g/mol. The molecule has 1 heterocycles. The van der Waals surface area contributed by atoms with E-state index in [2.05, 4.69) is 111 Å². The molecule has 0 atom stereocenters. The van der Waals surface area contributed by atoms with E-state index in [9.17, 15) is 4.79 Å². The predicted molar refractivity (Wildman–Crippen MR) is 136 cm³/mol. The van der Waals surface area contributed by atoms with E-state index in [-0.39, 0.29) is 10.8 Å². The number of nitrogens with zero attached hydrogens (tertiary/aromatic N) is 1. The number of para-hydroxylation sites is 1. The molecule has 2 aliphatic rings. The van der Waals surface area contributed by atoms with Gasteiger partial charge in [0.2, 0.25) is 0 Å². The fourth-order valence-electron chi connectivity index (χ4n) is 5.87. The van der Waals surface area contributed by atoms with Crippen molar-refractivity contribution in [3.05, 3.63) is 113 Å². The first kappa shape index (κ1) is 20.0. The lowest BCUT2D eigenvalue weighted by atomic mass is 9.71. The highest BCUT2D eigenvalue weighted by atomic mass is 16.1. The molecular weight excluding hydrogens is 402 g/mol. The Morgan fingerprint density at radius 3 is 2.03 bits per heavy atom. The SMILES string of the molecule is CC1(C)c2ccccc2-c2cc3c(cc21)N(c1ccccc1)c1ccc(C=O)cc1C3(C)C. The summed E-state index contributed by atoms with van der Waals surface area (Å²) in [4.78, 5) is 14.0. The Balaban J connectivity index is 1.70. The van der Waals surface area contributed by atoms with Crippen LogP contribution in [-0.2, 0) is 10.8 Å². The van der Waals surface area contributed by atoms with E-state index in [4.69, 9.17) is 0 Å². The lowest BCUT2D eigenvalue weighted by Gasteiger charge is -2.43. The largest absolute Gasteiger partial charge is 0.310 e. The number of carbonyl (C=O) groups is 1. The van der Waals surface area contributed by atoms with Crippen LogP contribution in [-0.4, -0.2) is 6.29 Å². The minimum Gasteiger partial charge on any atom is -0.310 e. The Labute approximate surface area is 195 Å². The molecule has 4 aromatic rings. The lowest BCUT2D eigenvalue weighted by Crippen LogP contribution is -2.31. The van der Waals surface area contributed by atoms with Crippen molar-refractivity contribution < 1.29 is 4.79 Å². The Morgan fingerprint density at radius 2 is 1.27 bits per heavy atom. The summed E-state index contributed by atoms with van der Waals surface area (Å²) in [6.45, 7) is 9.21. The summed E-state index contributed by atoms with van der Waals surface area (Å²) < 4.78 is 0. The molecular formula is C31H27NO. The van der Waals surface area contributed by atoms with Crippen LogP contribution < -0.4 is 4.90 Å². The van der Waals surface area contributed by atoms with Gasteiger partial charge in [-0.2, -0.15) is 0 Å². The molecule has 0 saturated carbocycles. The molecule has 0 saturated heterocycles. The van der Waals surface area contributed by atoms with Gasteiger partial charge >= 0.3 is 0 Å². The Hall–Kier alpha value is -3.65. The summed E-state index contributed by atoms with van der Waals surface area (Å²) in [5.41, 5.74) is 11.8. The van der Waals surface area contributed by atoms with Gasteiger partial charge in [0.25, 0.3) is 0 Å². The van der Waals surface area contributed by atoms with Crippen LogP contribution in [0.15, 0.2) is 84.9 Å². The van der Waals surface area contributed by atoms with Crippen LogP contribution in [0.2, 0.25) is 0 Å². The first-order valence-electron chi connectivity index (χ1n) is 11.6. The Bertz CT molecular complexity index is 1430. The summed E-state index contributed by atoms with van der Waals surface area (Å²) in [6.07, 6.45) is 0.945. The molecule has 0 fully saturated rings. The number of carbonyl (C=O) groups excluding carboxylic acids is 1. The molecule has 0 radical (unpaired) electrons. The molecule has 2 heteroatoms. The molecule has 4 aromatic carbocycles. The molecule has 162 valence electrons. The van der Waals surface area contributed by atoms with Gasteiger partial charge in [0.1, 0.15) is 6.29 Å². The molecule has 33 heavy (non-hydrogen) atoms. The summed E-state index contributed by atoms with van der Waals surface area (Å²) in [6, 6.07) is 30.2. The summed E-state index contributed by atoms with van der Waals surface area (Å²) in [5.74, 6) is 0. The van der Waals surface area contributed by atoms with Gasteiger partial charge in [-0.05, 0) is 75.8 Å². The molecule has 2 nitrogen and oxygen atoms in total. The summed E-state index contributed by atoms with van der Waals surface area (Å²) in [7, 11) is 0. The minimum atomic E-state index is -0.244. The fourth-order valence-corrected chi connectivity index (χ4v) is 5.87. The van der Waals surface area contributed by atoms with Crippen molar-refractivity contribution >= 4 is 23.3 Å². The van der Waals surface area contributed by atoms with Gasteiger partial charge in [-0.25, -0.2) is 0 Å². The highest BCUT2D eigenvalue weighted by Gasteiger charge is 2.42. The fraction of sp³-hybridized carbons (Fsp3) is 0.194. The van der Waals surface area contributed by atoms with Gasteiger partial charge in [-0.15, -0.1) is 0 Å². The number of aldehydes is 1. The smallest absolute Gasteiger partial charge is 0.150 e. The van der Waals surface area contributed by atoms with Gasteiger partial charge in [0, 0.05) is 22.1 Å². The molecule has 1 aliphatic heterocycles. The van der Waals surface area contributed by atoms with Crippen LogP contribution in [0, 0.1) is 0 Å². The molecule has 0 spiro atoms. The van der Waals surface area contributed by atoms with Gasteiger partial charge in [0.15, 0.2) is 0 Å². The third-order valence-corrected chi connectivity index (χ3v) is 7.70. The van der Waals surface area contributed by atoms with Crippen molar-refractivity contribution in [1.29, 1.82) is 0 Å². The first-order chi connectivity index (χ1) is 15.8. The Morgan fingerprint density at radius 1 is 0.606 bits per heavy atom. The van der Waals surface area contributed by atoms with E-state index < -0.39 is 0 Å². The van der Waals surface area contributed by atoms with E-state index in [0.29, 0.717) is 5.56 Å². The van der Waals surface area contributed by atoms with Crippen LogP contribution in [0.1, 0.15) is 60.3 Å². The predicted octanol–water partition coefficient (Wildman–Crippen LogP) is 7.91. The number of fused-ring (bicyclic) bond motifs is 5. The van der Waals surface area contributed by atoms with Gasteiger partial charge in [0.05, 0.1) is 11.4 Å². The van der Waals surface area contributed by atoms with Crippen LogP contribution in [0.4, 0.5) is 17.1 Å². The van der Waals surface area contributed by atoms with Gasteiger partial charge in [-0.1, -0.05) is 70.2 Å². The third kappa shape index (κ3) is 2.64. The second kappa shape index (κ2) is 6.68. The topological polar surface area (TPSA) is 20.3 Å². The average Bonchev–Trinajstić information content (AvgIpc) is 3.06. The van der Waals surface area contributed by atoms with Crippen molar-refractivity contribution in [1.82, 2.24) is 0 Å². The number of benzene rings is 4. The van der Waals surface area contributed by atoms with Crippen LogP contribution >= 0.6 is 0 Å². The third-order valence-electron chi connectivity index (χ3n) is 7.70. The molecule has 0 amide bonds. The Kier molecular flexibility index (Phi) is 4.05. The molecule has 0 bridgehead atoms. The van der Waals surface area contributed by atoms with E-state index >= 15 is 0 Å². The first-order valence-corrected chi connectivity index (χ1v) is 11.6. The second-order valence-electron chi connectivity index (χ2n) is 10.3. The molecule has 1 aliphatic carbocycles. The minimum absolute atomic E-state index is 0.0604. The maximum Gasteiger partial charge on any atom is 0.150 e. The monoisotopic (exact) mass is 429 g/mol. The maximum atomic E-state index is 11.6. The second-order valence-corrected chi connectivity index (χ2v) is 10.3. The van der Waals surface area contributed by atoms with Crippen LogP contribution in [0.5, 0.6) is 0 Å². The van der Waals surface area contributed by atoms with Crippen molar-refractivity contribution in [2.75, 3.05) is 4.90 Å². The van der Waals surface area contributed by atoms with E-state index in [0.717, 1.165) is 17.7 Å². The zero-order chi connectivity index (χ0) is 23.0. The highest BCUT2D eigenvalue weighted by Crippen LogP contribution is 2.57. The van der Waals surface area contributed by atoms with E-state index in [1.165, 1.54) is 39.1 Å². The van der Waals surface area contributed by atoms with Crippen molar-refractivity contribution in [3.63, 3.8) is 0 Å². The van der Waals surface area contributed by atoms with E-state index in [1.54, 1.807) is 0 Å². The molecule has 0 aromatic heterocycles. The lowest BCUT2D eigenvalue weighted by molar-refractivity contribution is 0.112. The van der Waals surface area contributed by atoms with E-state index in [1.807, 2.05) is 6.07 Å². The zero-order valence-electron chi connectivity index (χ0n) is 19.5. The number of rotatable bonds is 2. The zero-order valence-corrected chi connectivity index (χ0v) is 19.5.